The van der Waals surface area contributed by atoms with Gasteiger partial charge in [-0.05, 0) is 331 Å². The Kier molecular flexibility index (Phi) is 42.2. The molecule has 0 aliphatic heterocycles. The van der Waals surface area contributed by atoms with Crippen LogP contribution in [0.4, 0.5) is 0 Å². The highest BCUT2D eigenvalue weighted by atomic mass is 79.9. The Bertz CT molecular complexity index is 6660. The number of ketones is 6. The number of para-hydroxylation sites is 4. The number of ether oxygens (including phenoxy) is 6. The third-order valence-corrected chi connectivity index (χ3v) is 27.8. The highest BCUT2D eigenvalue weighted by Crippen LogP contribution is 2.43. The molecule has 0 saturated heterocycles. The van der Waals surface area contributed by atoms with Gasteiger partial charge in [0.05, 0.1) is 54.0 Å². The molecule has 4 heterocycles. The van der Waals surface area contributed by atoms with E-state index in [0.29, 0.717) is 29.3 Å². The number of aromatic nitrogens is 4. The lowest BCUT2D eigenvalue weighted by molar-refractivity contribution is -0.113. The third kappa shape index (κ3) is 32.0. The van der Waals surface area contributed by atoms with Crippen LogP contribution in [0.15, 0.2) is 356 Å². The molecular weight excluding hydrogens is 1970 g/mol. The average Bonchev–Trinajstić information content (AvgIpc) is 0.811. The van der Waals surface area contributed by atoms with E-state index < -0.39 is 0 Å². The SMILES string of the molecule is CCC1C/C(=C\c2cccc(C)c2)C(=O)/C(=C/c2cccc(OC)c2)C1.CCC1C/C(=C\c2cccc(C)c2OC)C(=O)/C(=C/c2cccc(OC)c2OC)C1.CCC1C/C(=C\c2ccccc2OC)C(=O)/C(=C/c2ccccc2OC)C1.O=C1/C(=C/c2ccc(Br)cc2)CCC/C1=C\c1ccc(Br)cc1.O=C1/C(=C/c2ccccn2)CCC/C1=C\c1ccccn1.O=C1/C(=C/c2cccnc2)CCC/C1=C\c1cccnc1. The molecule has 8 aromatic carbocycles. The first-order valence-electron chi connectivity index (χ1n) is 50.7. The number of allylic oxidation sites excluding steroid dienone is 12. The summed E-state index contributed by atoms with van der Waals surface area (Å²) in [6, 6.07) is 78.7. The summed E-state index contributed by atoms with van der Waals surface area (Å²) in [4.78, 5) is 94.1. The number of aryl methyl sites for hydroxylation is 2. The van der Waals surface area contributed by atoms with Crippen LogP contribution in [0.1, 0.15) is 214 Å². The molecule has 18 heteroatoms. The fraction of sp³-hybridized carbons (Fsp3) is 0.246. The Hall–Kier alpha value is -15.0. The van der Waals surface area contributed by atoms with Crippen LogP contribution in [0, 0.1) is 31.6 Å². The Morgan fingerprint density at radius 1 is 0.277 bits per heavy atom. The van der Waals surface area contributed by atoms with Gasteiger partial charge in [-0.25, -0.2) is 0 Å². The molecule has 0 amide bonds. The number of benzene rings is 8. The Morgan fingerprint density at radius 3 is 0.973 bits per heavy atom. The summed E-state index contributed by atoms with van der Waals surface area (Å²) >= 11 is 6.87. The lowest BCUT2D eigenvalue weighted by atomic mass is 9.78. The number of methoxy groups -OCH3 is 6. The zero-order chi connectivity index (χ0) is 105. The van der Waals surface area contributed by atoms with Crippen LogP contribution in [0.25, 0.3) is 72.9 Å². The second-order valence-corrected chi connectivity index (χ2v) is 39.1. The number of carbonyl (C=O) groups excluding carboxylic acids is 6. The van der Waals surface area contributed by atoms with Crippen LogP contribution in [0.2, 0.25) is 0 Å². The lowest BCUT2D eigenvalue weighted by Gasteiger charge is -2.25. The Labute approximate surface area is 889 Å². The molecule has 12 aromatic rings. The van der Waals surface area contributed by atoms with E-state index in [-0.39, 0.29) is 34.7 Å². The standard InChI is InChI=1S/C26H30O4.C24H26O3.C24H26O2.C20H16Br2O.2C18H16N2O/c1-6-18-13-21(15-19-10-7-9-17(2)25(19)29-4)24(27)22(14-18)16-20-11-8-12-23(28-3)26(20)30-5;1-4-17-13-20(15-18-9-5-7-11-22(18)26-2)24(25)21(14-17)16-19-10-6-8-12-23(19)27-3;1-4-18-12-21(14-19-8-5-7-17(2)11-19)24(25)22(13-18)15-20-9-6-10-23(16-20)26-3;21-18-8-4-14(5-9-18)12-16-2-1-3-17(20(16)23)13-15-6-10-19(22)11-7-15;21-18-16(10-14-4-2-8-19-12-14)6-1-7-17(18)11-15-5-3-9-20-13-15;21-18-14(12-16-8-1-3-10-19-16)6-5-7-15(18)13-17-9-2-4-11-20-17/h7-12,15-16,18H,6,13-14H2,1-5H3;5-12,15-17H,4,13-14H2,1-3H3;5-11,14-16,18H,4,12-13H2,1-3H3;4-13H,1-3H2;2-5,8-13H,1,6-7H2;1-4,8-13H,5-7H2/b21-15+,22-16+;20-15+,21-16+;21-14+,22-15+;16-12+,17-13+;16-10+,17-11+;14-12+,15-13+. The highest BCUT2D eigenvalue weighted by molar-refractivity contribution is 9.10. The second-order valence-electron chi connectivity index (χ2n) is 37.3. The molecule has 0 bridgehead atoms. The van der Waals surface area contributed by atoms with Gasteiger partial charge < -0.3 is 28.4 Å². The highest BCUT2D eigenvalue weighted by Gasteiger charge is 2.32. The maximum absolute atomic E-state index is 13.4. The summed E-state index contributed by atoms with van der Waals surface area (Å²) < 4.78 is 34.8. The topological polar surface area (TPSA) is 209 Å². The third-order valence-electron chi connectivity index (χ3n) is 26.7. The van der Waals surface area contributed by atoms with Crippen molar-refractivity contribution in [3.63, 3.8) is 0 Å². The molecule has 4 aromatic heterocycles. The molecule has 6 fully saturated rings. The van der Waals surface area contributed by atoms with Gasteiger partial charge in [0.2, 0.25) is 0 Å². The summed E-state index contributed by atoms with van der Waals surface area (Å²) in [5.41, 5.74) is 24.2. The molecule has 0 N–H and O–H groups in total. The van der Waals surface area contributed by atoms with Crippen molar-refractivity contribution in [2.75, 3.05) is 42.7 Å². The van der Waals surface area contributed by atoms with E-state index in [0.717, 1.165) is 287 Å². The largest absolute Gasteiger partial charge is 0.497 e. The number of rotatable bonds is 21. The van der Waals surface area contributed by atoms with Gasteiger partial charge in [-0.3, -0.25) is 48.7 Å². The summed E-state index contributed by atoms with van der Waals surface area (Å²) in [6.45, 7) is 10.7. The van der Waals surface area contributed by atoms with Crippen molar-refractivity contribution < 1.29 is 57.2 Å². The molecule has 6 aliphatic carbocycles. The first-order valence-corrected chi connectivity index (χ1v) is 52.3. The van der Waals surface area contributed by atoms with E-state index in [1.165, 1.54) is 5.56 Å². The Morgan fingerprint density at radius 2 is 0.601 bits per heavy atom. The van der Waals surface area contributed by atoms with E-state index in [2.05, 4.69) is 104 Å². The first kappa shape index (κ1) is 110. The predicted molar refractivity (Wildman–Crippen MR) is 609 cm³/mol. The van der Waals surface area contributed by atoms with Crippen LogP contribution in [-0.4, -0.2) is 97.3 Å². The van der Waals surface area contributed by atoms with Crippen LogP contribution in [0.5, 0.6) is 34.5 Å². The van der Waals surface area contributed by atoms with E-state index in [4.69, 9.17) is 28.4 Å². The first-order chi connectivity index (χ1) is 72.0. The van der Waals surface area contributed by atoms with Crippen molar-refractivity contribution in [3.8, 4) is 34.5 Å². The lowest BCUT2D eigenvalue weighted by Crippen LogP contribution is -2.19. The summed E-state index contributed by atoms with van der Waals surface area (Å²) in [6.07, 6.45) is 50.2. The molecule has 16 nitrogen and oxygen atoms in total. The quantitative estimate of drug-likeness (QED) is 0.0613. The van der Waals surface area contributed by atoms with Crippen molar-refractivity contribution in [2.24, 2.45) is 17.8 Å². The van der Waals surface area contributed by atoms with Gasteiger partial charge in [0, 0.05) is 135 Å². The molecule has 2 unspecified atom stereocenters. The molecule has 6 aliphatic rings. The number of pyridine rings is 4. The molecule has 18 rings (SSSR count). The van der Waals surface area contributed by atoms with Crippen molar-refractivity contribution in [1.29, 1.82) is 0 Å². The molecular formula is C130H130Br2N4O12. The summed E-state index contributed by atoms with van der Waals surface area (Å²) in [5, 5.41) is 0. The molecule has 0 spiro atoms. The van der Waals surface area contributed by atoms with E-state index in [9.17, 15) is 28.8 Å². The van der Waals surface area contributed by atoms with Crippen LogP contribution >= 0.6 is 31.9 Å². The molecule has 756 valence electrons. The van der Waals surface area contributed by atoms with Crippen LogP contribution < -0.4 is 28.4 Å². The van der Waals surface area contributed by atoms with E-state index >= 15 is 0 Å². The van der Waals surface area contributed by atoms with Crippen LogP contribution in [-0.2, 0) is 28.8 Å². The molecule has 148 heavy (non-hydrogen) atoms. The Balaban J connectivity index is 0.000000149. The van der Waals surface area contributed by atoms with E-state index in [1.54, 1.807) is 79.8 Å². The number of nitrogens with zero attached hydrogens (tertiary/aromatic N) is 4. The predicted octanol–water partition coefficient (Wildman–Crippen LogP) is 31.1. The van der Waals surface area contributed by atoms with Gasteiger partial charge in [0.1, 0.15) is 23.0 Å². The van der Waals surface area contributed by atoms with Gasteiger partial charge in [-0.15, -0.1) is 0 Å². The van der Waals surface area contributed by atoms with Crippen molar-refractivity contribution in [3.05, 3.63) is 434 Å². The maximum Gasteiger partial charge on any atom is 0.185 e. The van der Waals surface area contributed by atoms with Crippen molar-refractivity contribution in [1.82, 2.24) is 19.9 Å². The number of hydrogen-bond acceptors (Lipinski definition) is 16. The minimum Gasteiger partial charge on any atom is -0.497 e. The van der Waals surface area contributed by atoms with Crippen molar-refractivity contribution >= 4 is 139 Å². The number of hydrogen-bond donors (Lipinski definition) is 0. The van der Waals surface area contributed by atoms with Gasteiger partial charge in [-0.2, -0.15) is 0 Å². The molecule has 2 atom stereocenters. The molecule has 6 saturated carbocycles. The second kappa shape index (κ2) is 56.6. The monoisotopic (exact) mass is 2100 g/mol. The molecule has 0 radical (unpaired) electrons. The fourth-order valence-electron chi connectivity index (χ4n) is 18.8. The minimum absolute atomic E-state index is 0.0909. The summed E-state index contributed by atoms with van der Waals surface area (Å²) in [5.74, 6) is 6.74. The maximum atomic E-state index is 13.4. The smallest absolute Gasteiger partial charge is 0.185 e. The van der Waals surface area contributed by atoms with Gasteiger partial charge in [-0.1, -0.05) is 229 Å². The number of Topliss-reactive ketones (excluding diaryl/α,β-unsaturated/α-hetero) is 6. The van der Waals surface area contributed by atoms with Gasteiger partial charge >= 0.3 is 0 Å². The van der Waals surface area contributed by atoms with Gasteiger partial charge in [0.25, 0.3) is 0 Å². The van der Waals surface area contributed by atoms with Crippen molar-refractivity contribution in [2.45, 2.75) is 150 Å². The average molecular weight is 2100 g/mol. The normalized spacial score (nSPS) is 19.5. The van der Waals surface area contributed by atoms with Gasteiger partial charge in [0.15, 0.2) is 46.2 Å². The number of halogens is 2. The zero-order valence-electron chi connectivity index (χ0n) is 86.4. The summed E-state index contributed by atoms with van der Waals surface area (Å²) in [7, 11) is 9.87. The zero-order valence-corrected chi connectivity index (χ0v) is 89.6. The minimum atomic E-state index is 0.0909. The fourth-order valence-corrected chi connectivity index (χ4v) is 19.4. The van der Waals surface area contributed by atoms with Crippen LogP contribution in [0.3, 0.4) is 0 Å². The van der Waals surface area contributed by atoms with E-state index in [1.807, 2.05) is 298 Å². The number of carbonyl (C=O) groups is 6.